The molecule has 3 N–H and O–H groups in total. The Morgan fingerprint density at radius 3 is 2.24 bits per heavy atom. The molecular formula is C11H23N3O3. The molecule has 0 aliphatic heterocycles. The average Bonchev–Trinajstić information content (AvgIpc) is 2.22. The van der Waals surface area contributed by atoms with Crippen LogP contribution in [-0.4, -0.2) is 54.2 Å². The highest BCUT2D eigenvalue weighted by atomic mass is 16.4. The van der Waals surface area contributed by atoms with Crippen molar-refractivity contribution in [3.8, 4) is 0 Å². The monoisotopic (exact) mass is 245 g/mol. The van der Waals surface area contributed by atoms with Gasteiger partial charge in [-0.3, -0.25) is 0 Å². The third-order valence-corrected chi connectivity index (χ3v) is 2.90. The summed E-state index contributed by atoms with van der Waals surface area (Å²) >= 11 is 0. The SMILES string of the molecule is CC[C@H](NC(=O)NCC(C)(C)N(C)C)C(=O)O. The lowest BCUT2D eigenvalue weighted by atomic mass is 10.0. The van der Waals surface area contributed by atoms with Crippen LogP contribution < -0.4 is 10.6 Å². The Balaban J connectivity index is 4.16. The number of hydrogen-bond donors (Lipinski definition) is 3. The van der Waals surface area contributed by atoms with E-state index in [1.54, 1.807) is 6.92 Å². The Morgan fingerprint density at radius 2 is 1.88 bits per heavy atom. The normalized spacial score (nSPS) is 13.3. The summed E-state index contributed by atoms with van der Waals surface area (Å²) in [5.41, 5.74) is -0.178. The number of carboxylic acids is 1. The fourth-order valence-corrected chi connectivity index (χ4v) is 1.00. The van der Waals surface area contributed by atoms with Crippen LogP contribution in [-0.2, 0) is 4.79 Å². The molecule has 0 aromatic carbocycles. The molecule has 0 unspecified atom stereocenters. The topological polar surface area (TPSA) is 81.7 Å². The van der Waals surface area contributed by atoms with Crippen molar-refractivity contribution in [1.29, 1.82) is 0 Å². The number of rotatable bonds is 6. The molecular weight excluding hydrogens is 222 g/mol. The summed E-state index contributed by atoms with van der Waals surface area (Å²) in [6, 6.07) is -1.29. The van der Waals surface area contributed by atoms with Crippen molar-refractivity contribution in [3.05, 3.63) is 0 Å². The van der Waals surface area contributed by atoms with Crippen LogP contribution in [0.3, 0.4) is 0 Å². The minimum Gasteiger partial charge on any atom is -0.480 e. The van der Waals surface area contributed by atoms with Crippen molar-refractivity contribution < 1.29 is 14.7 Å². The Hall–Kier alpha value is -1.30. The van der Waals surface area contributed by atoms with Gasteiger partial charge in [-0.2, -0.15) is 0 Å². The molecule has 0 bridgehead atoms. The van der Waals surface area contributed by atoms with Crippen molar-refractivity contribution in [1.82, 2.24) is 15.5 Å². The molecule has 0 spiro atoms. The zero-order chi connectivity index (χ0) is 13.6. The van der Waals surface area contributed by atoms with Gasteiger partial charge < -0.3 is 20.6 Å². The second kappa shape index (κ2) is 6.44. The van der Waals surface area contributed by atoms with Crippen LogP contribution >= 0.6 is 0 Å². The van der Waals surface area contributed by atoms with Gasteiger partial charge >= 0.3 is 12.0 Å². The van der Waals surface area contributed by atoms with Gasteiger partial charge in [0.15, 0.2) is 0 Å². The van der Waals surface area contributed by atoms with Gasteiger partial charge in [0.25, 0.3) is 0 Å². The van der Waals surface area contributed by atoms with E-state index in [-0.39, 0.29) is 5.54 Å². The third-order valence-electron chi connectivity index (χ3n) is 2.90. The predicted octanol–water partition coefficient (Wildman–Crippen LogP) is 0.489. The van der Waals surface area contributed by atoms with Crippen LogP contribution in [0.1, 0.15) is 27.2 Å². The highest BCUT2D eigenvalue weighted by Gasteiger charge is 2.22. The lowest BCUT2D eigenvalue weighted by Gasteiger charge is -2.32. The van der Waals surface area contributed by atoms with E-state index in [0.717, 1.165) is 0 Å². The first-order valence-electron chi connectivity index (χ1n) is 5.65. The molecule has 2 amide bonds. The largest absolute Gasteiger partial charge is 0.480 e. The number of nitrogens with one attached hydrogen (secondary N) is 2. The van der Waals surface area contributed by atoms with Crippen molar-refractivity contribution in [2.45, 2.75) is 38.8 Å². The summed E-state index contributed by atoms with van der Waals surface area (Å²) in [5.74, 6) is -1.02. The molecule has 0 aromatic heterocycles. The molecule has 1 atom stereocenters. The Labute approximate surface area is 102 Å². The summed E-state index contributed by atoms with van der Waals surface area (Å²) < 4.78 is 0. The number of carbonyl (C=O) groups excluding carboxylic acids is 1. The highest BCUT2D eigenvalue weighted by molar-refractivity contribution is 5.82. The van der Waals surface area contributed by atoms with E-state index in [1.807, 2.05) is 32.8 Å². The van der Waals surface area contributed by atoms with E-state index in [2.05, 4.69) is 10.6 Å². The second-order valence-electron chi connectivity index (χ2n) is 4.83. The lowest BCUT2D eigenvalue weighted by molar-refractivity contribution is -0.139. The molecule has 6 heteroatoms. The maximum atomic E-state index is 11.5. The molecule has 0 aromatic rings. The Bertz CT molecular complexity index is 277. The average molecular weight is 245 g/mol. The lowest BCUT2D eigenvalue weighted by Crippen LogP contribution is -2.52. The summed E-state index contributed by atoms with van der Waals surface area (Å²) in [4.78, 5) is 24.2. The van der Waals surface area contributed by atoms with E-state index < -0.39 is 18.0 Å². The first-order valence-corrected chi connectivity index (χ1v) is 5.65. The van der Waals surface area contributed by atoms with E-state index in [0.29, 0.717) is 13.0 Å². The van der Waals surface area contributed by atoms with Crippen LogP contribution in [0.15, 0.2) is 0 Å². The molecule has 0 rings (SSSR count). The van der Waals surface area contributed by atoms with Gasteiger partial charge in [-0.15, -0.1) is 0 Å². The van der Waals surface area contributed by atoms with E-state index in [1.165, 1.54) is 0 Å². The van der Waals surface area contributed by atoms with Crippen molar-refractivity contribution in [2.75, 3.05) is 20.6 Å². The predicted molar refractivity (Wildman–Crippen MR) is 66.0 cm³/mol. The van der Waals surface area contributed by atoms with Gasteiger partial charge in [0.2, 0.25) is 0 Å². The number of aliphatic carboxylic acids is 1. The fourth-order valence-electron chi connectivity index (χ4n) is 1.00. The van der Waals surface area contributed by atoms with Crippen molar-refractivity contribution in [2.24, 2.45) is 0 Å². The molecule has 0 aliphatic carbocycles. The standard InChI is InChI=1S/C11H23N3O3/c1-6-8(9(15)16)13-10(17)12-7-11(2,3)14(4)5/h8H,6-7H2,1-5H3,(H,15,16)(H2,12,13,17)/t8-/m0/s1. The number of hydrogen-bond acceptors (Lipinski definition) is 3. The molecule has 6 nitrogen and oxygen atoms in total. The van der Waals surface area contributed by atoms with E-state index in [4.69, 9.17) is 5.11 Å². The smallest absolute Gasteiger partial charge is 0.326 e. The molecule has 0 radical (unpaired) electrons. The van der Waals surface area contributed by atoms with Gasteiger partial charge in [-0.1, -0.05) is 6.92 Å². The van der Waals surface area contributed by atoms with Gasteiger partial charge in [-0.05, 0) is 34.4 Å². The van der Waals surface area contributed by atoms with Crippen LogP contribution in [0, 0.1) is 0 Å². The number of carbonyl (C=O) groups is 2. The second-order valence-corrected chi connectivity index (χ2v) is 4.83. The molecule has 0 saturated carbocycles. The summed E-state index contributed by atoms with van der Waals surface area (Å²) in [6.07, 6.45) is 0.361. The van der Waals surface area contributed by atoms with Crippen molar-refractivity contribution >= 4 is 12.0 Å². The van der Waals surface area contributed by atoms with Gasteiger partial charge in [-0.25, -0.2) is 9.59 Å². The first kappa shape index (κ1) is 15.7. The van der Waals surface area contributed by atoms with Crippen LogP contribution in [0.25, 0.3) is 0 Å². The molecule has 0 fully saturated rings. The number of likely N-dealkylation sites (N-methyl/N-ethyl adjacent to an activating group) is 1. The number of nitrogens with zero attached hydrogens (tertiary/aromatic N) is 1. The molecule has 17 heavy (non-hydrogen) atoms. The minimum atomic E-state index is -1.02. The van der Waals surface area contributed by atoms with Gasteiger partial charge in [0, 0.05) is 12.1 Å². The van der Waals surface area contributed by atoms with Gasteiger partial charge in [0.1, 0.15) is 6.04 Å². The molecule has 100 valence electrons. The number of amides is 2. The zero-order valence-electron chi connectivity index (χ0n) is 11.2. The third kappa shape index (κ3) is 5.53. The number of urea groups is 1. The summed E-state index contributed by atoms with van der Waals surface area (Å²) in [7, 11) is 3.84. The van der Waals surface area contributed by atoms with E-state index in [9.17, 15) is 9.59 Å². The van der Waals surface area contributed by atoms with Crippen LogP contribution in [0.2, 0.25) is 0 Å². The minimum absolute atomic E-state index is 0.178. The maximum absolute atomic E-state index is 11.5. The maximum Gasteiger partial charge on any atom is 0.326 e. The summed E-state index contributed by atoms with van der Waals surface area (Å²) in [5, 5.41) is 13.9. The molecule has 0 heterocycles. The number of carboxylic acid groups (broad SMARTS) is 1. The first-order chi connectivity index (χ1) is 7.70. The highest BCUT2D eigenvalue weighted by Crippen LogP contribution is 2.07. The van der Waals surface area contributed by atoms with Crippen LogP contribution in [0.4, 0.5) is 4.79 Å². The Kier molecular flexibility index (Phi) is 5.95. The molecule has 0 aliphatic rings. The zero-order valence-corrected chi connectivity index (χ0v) is 11.2. The van der Waals surface area contributed by atoms with Crippen LogP contribution in [0.5, 0.6) is 0 Å². The fraction of sp³-hybridized carbons (Fsp3) is 0.818. The Morgan fingerprint density at radius 1 is 1.35 bits per heavy atom. The van der Waals surface area contributed by atoms with Crippen molar-refractivity contribution in [3.63, 3.8) is 0 Å². The quantitative estimate of drug-likeness (QED) is 0.636. The van der Waals surface area contributed by atoms with E-state index >= 15 is 0 Å². The molecule has 0 saturated heterocycles. The van der Waals surface area contributed by atoms with Gasteiger partial charge in [0.05, 0.1) is 0 Å². The summed E-state index contributed by atoms with van der Waals surface area (Å²) in [6.45, 7) is 6.13.